The predicted molar refractivity (Wildman–Crippen MR) is 121 cm³/mol. The summed E-state index contributed by atoms with van der Waals surface area (Å²) in [5.41, 5.74) is 3.19. The lowest BCUT2D eigenvalue weighted by atomic mass is 9.84. The highest BCUT2D eigenvalue weighted by Crippen LogP contribution is 2.33. The topological polar surface area (TPSA) is 116 Å². The van der Waals surface area contributed by atoms with Crippen molar-refractivity contribution in [2.75, 3.05) is 18.4 Å². The Hall–Kier alpha value is -3.60. The number of amides is 1. The molecule has 0 aliphatic heterocycles. The minimum Gasteiger partial charge on any atom is -0.444 e. The van der Waals surface area contributed by atoms with Gasteiger partial charge in [-0.05, 0) is 75.6 Å². The highest BCUT2D eigenvalue weighted by molar-refractivity contribution is 5.92. The Balaban J connectivity index is 1.83. The van der Waals surface area contributed by atoms with E-state index in [1.807, 2.05) is 58.9 Å². The number of aromatic nitrogens is 3. The second-order valence-electron chi connectivity index (χ2n) is 8.88. The molecule has 0 atom stereocenters. The molecule has 0 bridgehead atoms. The third-order valence-electron chi connectivity index (χ3n) is 4.72. The number of nitrogens with zero attached hydrogens (tertiary/aromatic N) is 3. The average molecular weight is 421 g/mol. The lowest BCUT2D eigenvalue weighted by Gasteiger charge is -2.21. The Bertz CT molecular complexity index is 1120. The molecule has 2 aromatic heterocycles. The van der Waals surface area contributed by atoms with Crippen LogP contribution in [-0.4, -0.2) is 40.0 Å². The van der Waals surface area contributed by atoms with E-state index in [0.29, 0.717) is 18.7 Å². The first-order valence-corrected chi connectivity index (χ1v) is 10.1. The zero-order chi connectivity index (χ0) is 22.6. The molecule has 0 aliphatic rings. The van der Waals surface area contributed by atoms with Crippen molar-refractivity contribution < 1.29 is 9.53 Å². The fraction of sp³-hybridized carbons (Fsp3) is 0.391. The summed E-state index contributed by atoms with van der Waals surface area (Å²) in [6.07, 6.45) is 3.03. The molecule has 0 aliphatic carbocycles. The van der Waals surface area contributed by atoms with Crippen LogP contribution >= 0.6 is 0 Å². The van der Waals surface area contributed by atoms with Gasteiger partial charge in [-0.15, -0.1) is 0 Å². The molecule has 162 valence electrons. The second-order valence-corrected chi connectivity index (χ2v) is 8.88. The molecule has 2 heterocycles. The van der Waals surface area contributed by atoms with E-state index in [-0.39, 0.29) is 0 Å². The molecule has 1 aromatic carbocycles. The second kappa shape index (κ2) is 8.64. The number of ether oxygens (including phenoxy) is 1. The van der Waals surface area contributed by atoms with Crippen molar-refractivity contribution in [3.63, 3.8) is 0 Å². The number of benzene rings is 1. The number of rotatable bonds is 6. The lowest BCUT2D eigenvalue weighted by molar-refractivity contribution is 0.0530. The van der Waals surface area contributed by atoms with Crippen LogP contribution in [0.15, 0.2) is 36.7 Å². The fourth-order valence-corrected chi connectivity index (χ4v) is 3.10. The van der Waals surface area contributed by atoms with Gasteiger partial charge in [-0.25, -0.2) is 9.78 Å². The number of anilines is 1. The third-order valence-corrected chi connectivity index (χ3v) is 4.72. The minimum atomic E-state index is -0.663. The van der Waals surface area contributed by atoms with Crippen molar-refractivity contribution in [2.24, 2.45) is 0 Å². The van der Waals surface area contributed by atoms with Crippen LogP contribution < -0.4 is 10.6 Å². The molecule has 8 heteroatoms. The molecule has 3 rings (SSSR count). The zero-order valence-electron chi connectivity index (χ0n) is 18.5. The maximum Gasteiger partial charge on any atom is 0.407 e. The summed E-state index contributed by atoms with van der Waals surface area (Å²) in [5, 5.41) is 23.6. The van der Waals surface area contributed by atoms with E-state index in [4.69, 9.17) is 4.74 Å². The normalized spacial score (nSPS) is 11.7. The molecule has 3 aromatic rings. The molecule has 0 unspecified atom stereocenters. The summed E-state index contributed by atoms with van der Waals surface area (Å²) >= 11 is 0. The van der Waals surface area contributed by atoms with Crippen LogP contribution in [0.5, 0.6) is 0 Å². The Morgan fingerprint density at radius 1 is 1.19 bits per heavy atom. The van der Waals surface area contributed by atoms with Crippen LogP contribution in [0.4, 0.5) is 10.5 Å². The number of alkyl carbamates (subject to hydrolysis) is 1. The summed E-state index contributed by atoms with van der Waals surface area (Å²) in [7, 11) is 0. The van der Waals surface area contributed by atoms with Gasteiger partial charge < -0.3 is 15.4 Å². The van der Waals surface area contributed by atoms with Crippen molar-refractivity contribution in [2.45, 2.75) is 45.6 Å². The lowest BCUT2D eigenvalue weighted by Crippen LogP contribution is -2.35. The van der Waals surface area contributed by atoms with E-state index in [9.17, 15) is 10.1 Å². The molecule has 8 nitrogen and oxygen atoms in total. The van der Waals surface area contributed by atoms with E-state index in [0.717, 1.165) is 27.8 Å². The van der Waals surface area contributed by atoms with Crippen LogP contribution in [0.2, 0.25) is 0 Å². The smallest absolute Gasteiger partial charge is 0.407 e. The van der Waals surface area contributed by atoms with Gasteiger partial charge in [-0.2, -0.15) is 10.4 Å². The van der Waals surface area contributed by atoms with Gasteiger partial charge >= 0.3 is 6.09 Å². The number of nitriles is 1. The molecular formula is C23H28N6O2. The quantitative estimate of drug-likeness (QED) is 0.510. The monoisotopic (exact) mass is 420 g/mol. The van der Waals surface area contributed by atoms with Gasteiger partial charge in [-0.3, -0.25) is 5.10 Å². The van der Waals surface area contributed by atoms with E-state index in [1.54, 1.807) is 12.4 Å². The number of carbonyl (C=O) groups excluding carboxylic acids is 1. The van der Waals surface area contributed by atoms with Crippen LogP contribution in [0.3, 0.4) is 0 Å². The van der Waals surface area contributed by atoms with Gasteiger partial charge in [0.15, 0.2) is 5.65 Å². The first-order valence-electron chi connectivity index (χ1n) is 10.1. The van der Waals surface area contributed by atoms with Crippen molar-refractivity contribution in [1.29, 1.82) is 5.26 Å². The number of hydrogen-bond donors (Lipinski definition) is 3. The summed E-state index contributed by atoms with van der Waals surface area (Å²) < 4.78 is 5.25. The van der Waals surface area contributed by atoms with E-state index >= 15 is 0 Å². The number of aromatic amines is 1. The van der Waals surface area contributed by atoms with Crippen LogP contribution in [0, 0.1) is 11.3 Å². The Labute approximate surface area is 182 Å². The first-order chi connectivity index (χ1) is 14.6. The van der Waals surface area contributed by atoms with Gasteiger partial charge in [0, 0.05) is 30.4 Å². The maximum atomic E-state index is 11.8. The number of fused-ring (bicyclic) bond motifs is 1. The average Bonchev–Trinajstić information content (AvgIpc) is 3.18. The van der Waals surface area contributed by atoms with Crippen LogP contribution in [0.1, 0.15) is 40.2 Å². The zero-order valence-corrected chi connectivity index (χ0v) is 18.5. The maximum absolute atomic E-state index is 11.8. The van der Waals surface area contributed by atoms with Gasteiger partial charge in [0.05, 0.1) is 17.7 Å². The molecule has 1 amide bonds. The largest absolute Gasteiger partial charge is 0.444 e. The molecule has 0 saturated carbocycles. The van der Waals surface area contributed by atoms with Crippen molar-refractivity contribution in [1.82, 2.24) is 20.5 Å². The standard InChI is InChI=1S/C23H28N6O2/c1-22(2,3)31-21(30)27-9-8-25-17-11-15(10-16(12-17)23(4,5)14-24)18-6-7-26-20-19(18)13-28-29-20/h6-7,10-13,25H,8-9H2,1-5H3,(H,27,30)(H,26,28,29). The Morgan fingerprint density at radius 3 is 2.68 bits per heavy atom. The minimum absolute atomic E-state index is 0.400. The van der Waals surface area contributed by atoms with Gasteiger partial charge in [0.25, 0.3) is 0 Å². The number of hydrogen-bond acceptors (Lipinski definition) is 6. The highest BCUT2D eigenvalue weighted by atomic mass is 16.6. The molecule has 0 fully saturated rings. The SMILES string of the molecule is CC(C)(C)OC(=O)NCCNc1cc(-c2ccnc3[nH]ncc23)cc(C(C)(C)C#N)c1. The summed E-state index contributed by atoms with van der Waals surface area (Å²) in [6.45, 7) is 10.2. The third kappa shape index (κ3) is 5.51. The van der Waals surface area contributed by atoms with Gasteiger partial charge in [0.1, 0.15) is 5.60 Å². The molecular weight excluding hydrogens is 392 g/mol. The first kappa shape index (κ1) is 22.1. The fourth-order valence-electron chi connectivity index (χ4n) is 3.10. The molecule has 0 saturated heterocycles. The van der Waals surface area contributed by atoms with Crippen molar-refractivity contribution in [3.8, 4) is 17.2 Å². The van der Waals surface area contributed by atoms with E-state index in [2.05, 4.69) is 31.9 Å². The number of carbonyl (C=O) groups is 1. The summed E-state index contributed by atoms with van der Waals surface area (Å²) in [4.78, 5) is 16.1. The number of H-pyrrole nitrogens is 1. The van der Waals surface area contributed by atoms with Crippen LogP contribution in [0.25, 0.3) is 22.2 Å². The predicted octanol–water partition coefficient (Wildman–Crippen LogP) is 4.36. The summed E-state index contributed by atoms with van der Waals surface area (Å²) in [5.74, 6) is 0. The molecule has 0 radical (unpaired) electrons. The summed E-state index contributed by atoms with van der Waals surface area (Å²) in [6, 6.07) is 10.3. The number of pyridine rings is 1. The van der Waals surface area contributed by atoms with Gasteiger partial charge in [-0.1, -0.05) is 0 Å². The highest BCUT2D eigenvalue weighted by Gasteiger charge is 2.22. The molecule has 0 spiro atoms. The van der Waals surface area contributed by atoms with E-state index < -0.39 is 17.1 Å². The van der Waals surface area contributed by atoms with Gasteiger partial charge in [0.2, 0.25) is 0 Å². The number of nitrogens with one attached hydrogen (secondary N) is 3. The van der Waals surface area contributed by atoms with E-state index in [1.165, 1.54) is 0 Å². The van der Waals surface area contributed by atoms with Crippen LogP contribution in [-0.2, 0) is 10.2 Å². The molecule has 3 N–H and O–H groups in total. The Kier molecular flexibility index (Phi) is 6.16. The van der Waals surface area contributed by atoms with Crippen molar-refractivity contribution in [3.05, 3.63) is 42.2 Å². The van der Waals surface area contributed by atoms with Crippen molar-refractivity contribution >= 4 is 22.8 Å². The molecule has 31 heavy (non-hydrogen) atoms. The Morgan fingerprint density at radius 2 is 1.97 bits per heavy atom.